The highest BCUT2D eigenvalue weighted by atomic mass is 32.2. The van der Waals surface area contributed by atoms with Crippen LogP contribution >= 0.6 is 0 Å². The molecule has 0 aromatic heterocycles. The summed E-state index contributed by atoms with van der Waals surface area (Å²) in [7, 11) is -3.72. The van der Waals surface area contributed by atoms with Gasteiger partial charge in [0.15, 0.2) is 6.10 Å². The largest absolute Gasteiger partial charge is 0.481 e. The molecule has 0 radical (unpaired) electrons. The van der Waals surface area contributed by atoms with Gasteiger partial charge in [-0.05, 0) is 68.1 Å². The Morgan fingerprint density at radius 1 is 1.04 bits per heavy atom. The molecule has 0 unspecified atom stereocenters. The van der Waals surface area contributed by atoms with E-state index in [0.29, 0.717) is 23.9 Å². The van der Waals surface area contributed by atoms with E-state index in [1.165, 1.54) is 12.1 Å². The van der Waals surface area contributed by atoms with Crippen LogP contribution < -0.4 is 14.8 Å². The monoisotopic (exact) mass is 404 g/mol. The van der Waals surface area contributed by atoms with E-state index in [4.69, 9.17) is 4.74 Å². The summed E-state index contributed by atoms with van der Waals surface area (Å²) in [5, 5.41) is 2.81. The highest BCUT2D eigenvalue weighted by Gasteiger charge is 2.17. The van der Waals surface area contributed by atoms with Crippen LogP contribution in [0.4, 0.5) is 5.69 Å². The van der Waals surface area contributed by atoms with Gasteiger partial charge in [0.05, 0.1) is 10.6 Å². The van der Waals surface area contributed by atoms with Gasteiger partial charge in [-0.3, -0.25) is 9.52 Å². The summed E-state index contributed by atoms with van der Waals surface area (Å²) in [4.78, 5) is 12.1. The van der Waals surface area contributed by atoms with Gasteiger partial charge in [0.2, 0.25) is 0 Å². The number of anilines is 1. The summed E-state index contributed by atoms with van der Waals surface area (Å²) < 4.78 is 33.5. The van der Waals surface area contributed by atoms with Crippen LogP contribution in [0.2, 0.25) is 0 Å². The molecule has 0 aliphatic carbocycles. The molecule has 7 heteroatoms. The number of nitrogens with one attached hydrogen (secondary N) is 2. The van der Waals surface area contributed by atoms with Crippen molar-refractivity contribution in [2.75, 3.05) is 11.3 Å². The first-order valence-corrected chi connectivity index (χ1v) is 10.7. The van der Waals surface area contributed by atoms with Crippen molar-refractivity contribution in [3.63, 3.8) is 0 Å². The van der Waals surface area contributed by atoms with Crippen LogP contribution in [0.15, 0.2) is 47.4 Å². The number of hydrogen-bond acceptors (Lipinski definition) is 4. The van der Waals surface area contributed by atoms with Gasteiger partial charge in [0, 0.05) is 6.54 Å². The summed E-state index contributed by atoms with van der Waals surface area (Å²) in [5.74, 6) is 0.574. The molecule has 0 saturated carbocycles. The summed E-state index contributed by atoms with van der Waals surface area (Å²) in [5.41, 5.74) is 2.36. The zero-order chi connectivity index (χ0) is 20.9. The molecule has 28 heavy (non-hydrogen) atoms. The van der Waals surface area contributed by atoms with Gasteiger partial charge in [-0.1, -0.05) is 26.0 Å². The summed E-state index contributed by atoms with van der Waals surface area (Å²) >= 11 is 0. The number of amides is 1. The molecule has 2 aromatic rings. The van der Waals surface area contributed by atoms with Crippen molar-refractivity contribution in [3.8, 4) is 5.75 Å². The van der Waals surface area contributed by atoms with Gasteiger partial charge < -0.3 is 10.1 Å². The van der Waals surface area contributed by atoms with Gasteiger partial charge in [-0.15, -0.1) is 0 Å². The molecule has 2 aromatic carbocycles. The number of rotatable bonds is 8. The molecule has 6 nitrogen and oxygen atoms in total. The smallest absolute Gasteiger partial charge is 0.261 e. The number of benzene rings is 2. The molecule has 0 bridgehead atoms. The quantitative estimate of drug-likeness (QED) is 0.703. The molecule has 1 amide bonds. The molecule has 2 rings (SSSR count). The van der Waals surface area contributed by atoms with Crippen molar-refractivity contribution in [1.29, 1.82) is 0 Å². The van der Waals surface area contributed by atoms with Gasteiger partial charge in [0.25, 0.3) is 15.9 Å². The lowest BCUT2D eigenvalue weighted by Crippen LogP contribution is -2.38. The van der Waals surface area contributed by atoms with Crippen LogP contribution in [0.1, 0.15) is 31.9 Å². The summed E-state index contributed by atoms with van der Waals surface area (Å²) in [6.07, 6.45) is -0.672. The molecule has 152 valence electrons. The van der Waals surface area contributed by atoms with Crippen molar-refractivity contribution in [3.05, 3.63) is 53.6 Å². The van der Waals surface area contributed by atoms with E-state index >= 15 is 0 Å². The van der Waals surface area contributed by atoms with E-state index in [9.17, 15) is 13.2 Å². The highest BCUT2D eigenvalue weighted by Crippen LogP contribution is 2.23. The fraction of sp³-hybridized carbons (Fsp3) is 0.381. The number of sulfonamides is 1. The molecular weight excluding hydrogens is 376 g/mol. The van der Waals surface area contributed by atoms with Gasteiger partial charge in [-0.25, -0.2) is 8.42 Å². The third-order valence-corrected chi connectivity index (χ3v) is 5.52. The molecule has 0 fully saturated rings. The third kappa shape index (κ3) is 5.99. The van der Waals surface area contributed by atoms with Crippen LogP contribution in [-0.4, -0.2) is 27.0 Å². The SMILES string of the molecule is Cc1ccc(C)c(NS(=O)(=O)c2ccc(O[C@@H](C)C(=O)NCC(C)C)cc2)c1. The van der Waals surface area contributed by atoms with Crippen LogP contribution in [0.5, 0.6) is 5.75 Å². The van der Waals surface area contributed by atoms with Crippen molar-refractivity contribution in [1.82, 2.24) is 5.32 Å². The van der Waals surface area contributed by atoms with E-state index in [-0.39, 0.29) is 10.8 Å². The van der Waals surface area contributed by atoms with Crippen LogP contribution in [0.25, 0.3) is 0 Å². The lowest BCUT2D eigenvalue weighted by Gasteiger charge is -2.16. The maximum absolute atomic E-state index is 12.6. The Hall–Kier alpha value is -2.54. The maximum Gasteiger partial charge on any atom is 0.261 e. The van der Waals surface area contributed by atoms with Gasteiger partial charge in [0.1, 0.15) is 5.75 Å². The molecule has 1 atom stereocenters. The lowest BCUT2D eigenvalue weighted by atomic mass is 10.1. The number of carbonyl (C=O) groups is 1. The minimum atomic E-state index is -3.72. The molecule has 0 spiro atoms. The lowest BCUT2D eigenvalue weighted by molar-refractivity contribution is -0.127. The van der Waals surface area contributed by atoms with E-state index in [2.05, 4.69) is 10.0 Å². The second-order valence-corrected chi connectivity index (χ2v) is 8.98. The number of aryl methyl sites for hydroxylation is 2. The Bertz CT molecular complexity index is 922. The Kier molecular flexibility index (Phi) is 7.07. The molecule has 2 N–H and O–H groups in total. The molecule has 0 aliphatic heterocycles. The third-order valence-electron chi connectivity index (χ3n) is 4.14. The predicted octanol–water partition coefficient (Wildman–Crippen LogP) is 3.64. The van der Waals surface area contributed by atoms with Crippen molar-refractivity contribution >= 4 is 21.6 Å². The molecule has 0 heterocycles. The summed E-state index contributed by atoms with van der Waals surface area (Å²) in [6, 6.07) is 11.6. The van der Waals surface area contributed by atoms with Crippen molar-refractivity contribution in [2.24, 2.45) is 5.92 Å². The number of ether oxygens (including phenoxy) is 1. The average molecular weight is 405 g/mol. The maximum atomic E-state index is 12.6. The van der Waals surface area contributed by atoms with E-state index in [1.807, 2.05) is 39.8 Å². The standard InChI is InChI=1S/C21H28N2O4S/c1-14(2)13-22-21(24)17(5)27-18-8-10-19(11-9-18)28(25,26)23-20-12-15(3)6-7-16(20)4/h6-12,14,17,23H,13H2,1-5H3,(H,22,24)/t17-/m0/s1. The number of hydrogen-bond donors (Lipinski definition) is 2. The normalized spacial score (nSPS) is 12.5. The minimum absolute atomic E-state index is 0.123. The highest BCUT2D eigenvalue weighted by molar-refractivity contribution is 7.92. The first-order valence-electron chi connectivity index (χ1n) is 9.23. The minimum Gasteiger partial charge on any atom is -0.481 e. The second-order valence-electron chi connectivity index (χ2n) is 7.29. The fourth-order valence-electron chi connectivity index (χ4n) is 2.45. The summed E-state index contributed by atoms with van der Waals surface area (Å²) in [6.45, 7) is 10.0. The first-order chi connectivity index (χ1) is 13.1. The van der Waals surface area contributed by atoms with E-state index in [1.54, 1.807) is 25.1 Å². The zero-order valence-corrected chi connectivity index (χ0v) is 17.8. The van der Waals surface area contributed by atoms with Crippen molar-refractivity contribution < 1.29 is 17.9 Å². The van der Waals surface area contributed by atoms with Gasteiger partial charge >= 0.3 is 0 Å². The fourth-order valence-corrected chi connectivity index (χ4v) is 3.57. The Morgan fingerprint density at radius 3 is 2.29 bits per heavy atom. The Balaban J connectivity index is 2.06. The Labute approximate surface area is 167 Å². The topological polar surface area (TPSA) is 84.5 Å². The molecule has 0 aliphatic rings. The molecule has 0 saturated heterocycles. The second kappa shape index (κ2) is 9.10. The Morgan fingerprint density at radius 2 is 1.68 bits per heavy atom. The first kappa shape index (κ1) is 21.8. The van der Waals surface area contributed by atoms with Crippen LogP contribution in [0, 0.1) is 19.8 Å². The van der Waals surface area contributed by atoms with E-state index in [0.717, 1.165) is 11.1 Å². The van der Waals surface area contributed by atoms with Crippen LogP contribution in [-0.2, 0) is 14.8 Å². The zero-order valence-electron chi connectivity index (χ0n) is 16.9. The van der Waals surface area contributed by atoms with E-state index < -0.39 is 16.1 Å². The average Bonchev–Trinajstić information content (AvgIpc) is 2.63. The van der Waals surface area contributed by atoms with Crippen molar-refractivity contribution in [2.45, 2.75) is 45.6 Å². The van der Waals surface area contributed by atoms with Crippen LogP contribution in [0.3, 0.4) is 0 Å². The van der Waals surface area contributed by atoms with Gasteiger partial charge in [-0.2, -0.15) is 0 Å². The number of carbonyl (C=O) groups excluding carboxylic acids is 1. The molecular formula is C21H28N2O4S. The predicted molar refractivity (Wildman–Crippen MR) is 111 cm³/mol.